The average Bonchev–Trinajstić information content (AvgIpc) is 3.40. The zero-order valence-electron chi connectivity index (χ0n) is 18.8. The molecule has 33 heavy (non-hydrogen) atoms. The molecule has 3 N–H and O–H groups in total. The molecule has 0 saturated heterocycles. The predicted octanol–water partition coefficient (Wildman–Crippen LogP) is 4.06. The van der Waals surface area contributed by atoms with E-state index in [0.29, 0.717) is 19.3 Å². The number of nitrogens with one attached hydrogen (secondary N) is 2. The van der Waals surface area contributed by atoms with Gasteiger partial charge in [0.05, 0.1) is 5.92 Å². The molecule has 0 bridgehead atoms. The summed E-state index contributed by atoms with van der Waals surface area (Å²) in [6.07, 6.45) is 2.13. The van der Waals surface area contributed by atoms with Crippen molar-refractivity contribution in [2.75, 3.05) is 6.61 Å². The van der Waals surface area contributed by atoms with Gasteiger partial charge < -0.3 is 20.5 Å². The summed E-state index contributed by atoms with van der Waals surface area (Å²) >= 11 is 0. The minimum Gasteiger partial charge on any atom is -0.481 e. The maximum absolute atomic E-state index is 12.5. The second kappa shape index (κ2) is 10.1. The standard InChI is InChI=1S/C26H30N2O5/c1-2-16(14-24(29)28-23-13-7-12-21(23)25(30)31)27-26(32)33-15-22-19-10-5-3-8-17(19)18-9-4-6-11-20(18)22/h3-6,8-11,16,21-23H,2,7,12-15H2,1H3,(H,27,32)(H,28,29)(H,30,31)/t16-,21+,23-/m1/s1. The van der Waals surface area contributed by atoms with E-state index in [9.17, 15) is 19.5 Å². The highest BCUT2D eigenvalue weighted by molar-refractivity contribution is 5.80. The van der Waals surface area contributed by atoms with Crippen molar-refractivity contribution in [2.45, 2.75) is 57.0 Å². The van der Waals surface area contributed by atoms with Crippen LogP contribution in [0.2, 0.25) is 0 Å². The number of ether oxygens (including phenoxy) is 1. The third-order valence-electron chi connectivity index (χ3n) is 6.77. The van der Waals surface area contributed by atoms with Crippen molar-refractivity contribution < 1.29 is 24.2 Å². The van der Waals surface area contributed by atoms with Crippen molar-refractivity contribution in [3.05, 3.63) is 59.7 Å². The first-order chi connectivity index (χ1) is 16.0. The quantitative estimate of drug-likeness (QED) is 0.563. The number of rotatable bonds is 8. The van der Waals surface area contributed by atoms with Crippen LogP contribution >= 0.6 is 0 Å². The SMILES string of the molecule is CC[C@H](CC(=O)N[C@@H]1CCC[C@@H]1C(=O)O)NC(=O)OCC1c2ccccc2-c2ccccc21. The number of carbonyl (C=O) groups is 3. The fourth-order valence-electron chi connectivity index (χ4n) is 5.02. The van der Waals surface area contributed by atoms with Crippen molar-refractivity contribution in [3.8, 4) is 11.1 Å². The number of benzene rings is 2. The van der Waals surface area contributed by atoms with Gasteiger partial charge in [0.1, 0.15) is 6.61 Å². The maximum atomic E-state index is 12.5. The van der Waals surface area contributed by atoms with Gasteiger partial charge >= 0.3 is 12.1 Å². The maximum Gasteiger partial charge on any atom is 0.407 e. The molecule has 0 spiro atoms. The fourth-order valence-corrected chi connectivity index (χ4v) is 5.02. The summed E-state index contributed by atoms with van der Waals surface area (Å²) in [5.74, 6) is -1.69. The van der Waals surface area contributed by atoms with Gasteiger partial charge in [0.2, 0.25) is 5.91 Å². The molecule has 2 aliphatic rings. The summed E-state index contributed by atoms with van der Waals surface area (Å²) in [7, 11) is 0. The van der Waals surface area contributed by atoms with E-state index in [-0.39, 0.29) is 36.9 Å². The zero-order valence-corrected chi connectivity index (χ0v) is 18.8. The molecule has 7 heteroatoms. The van der Waals surface area contributed by atoms with Crippen LogP contribution < -0.4 is 10.6 Å². The molecule has 0 aliphatic heterocycles. The molecule has 2 amide bonds. The van der Waals surface area contributed by atoms with Gasteiger partial charge in [-0.15, -0.1) is 0 Å². The number of carboxylic acid groups (broad SMARTS) is 1. The third-order valence-corrected chi connectivity index (χ3v) is 6.77. The van der Waals surface area contributed by atoms with E-state index in [1.807, 2.05) is 31.2 Å². The zero-order chi connectivity index (χ0) is 23.4. The van der Waals surface area contributed by atoms with Crippen molar-refractivity contribution in [3.63, 3.8) is 0 Å². The van der Waals surface area contributed by atoms with E-state index >= 15 is 0 Å². The van der Waals surface area contributed by atoms with Crippen LogP contribution in [-0.4, -0.2) is 41.8 Å². The first kappa shape index (κ1) is 22.8. The van der Waals surface area contributed by atoms with Gasteiger partial charge in [-0.05, 0) is 41.5 Å². The van der Waals surface area contributed by atoms with E-state index in [0.717, 1.165) is 28.7 Å². The number of hydrogen-bond donors (Lipinski definition) is 3. The largest absolute Gasteiger partial charge is 0.481 e. The van der Waals surface area contributed by atoms with Gasteiger partial charge in [0.15, 0.2) is 0 Å². The number of amides is 2. The summed E-state index contributed by atoms with van der Waals surface area (Å²) in [6.45, 7) is 2.10. The lowest BCUT2D eigenvalue weighted by Crippen LogP contribution is -2.44. The predicted molar refractivity (Wildman–Crippen MR) is 124 cm³/mol. The third kappa shape index (κ3) is 5.02. The second-order valence-electron chi connectivity index (χ2n) is 8.83. The molecule has 1 saturated carbocycles. The Balaban J connectivity index is 1.31. The summed E-state index contributed by atoms with van der Waals surface area (Å²) < 4.78 is 5.58. The number of aliphatic carboxylic acids is 1. The molecule has 0 heterocycles. The van der Waals surface area contributed by atoms with E-state index < -0.39 is 18.0 Å². The molecule has 7 nitrogen and oxygen atoms in total. The van der Waals surface area contributed by atoms with E-state index in [1.54, 1.807) is 0 Å². The van der Waals surface area contributed by atoms with Crippen molar-refractivity contribution in [1.82, 2.24) is 10.6 Å². The molecule has 3 atom stereocenters. The molecule has 2 aromatic carbocycles. The Labute approximate surface area is 193 Å². The van der Waals surface area contributed by atoms with Crippen LogP contribution in [0.25, 0.3) is 11.1 Å². The lowest BCUT2D eigenvalue weighted by atomic mass is 9.98. The summed E-state index contributed by atoms with van der Waals surface area (Å²) in [4.78, 5) is 36.3. The van der Waals surface area contributed by atoms with Gasteiger partial charge in [-0.3, -0.25) is 9.59 Å². The molecule has 4 rings (SSSR count). The normalized spacial score (nSPS) is 19.9. The summed E-state index contributed by atoms with van der Waals surface area (Å²) in [5.41, 5.74) is 4.61. The number of hydrogen-bond acceptors (Lipinski definition) is 4. The number of alkyl carbamates (subject to hydrolysis) is 1. The Bertz CT molecular complexity index is 991. The summed E-state index contributed by atoms with van der Waals surface area (Å²) in [6, 6.07) is 15.6. The van der Waals surface area contributed by atoms with Gasteiger partial charge in [-0.1, -0.05) is 61.9 Å². The Morgan fingerprint density at radius 1 is 1.03 bits per heavy atom. The molecule has 174 valence electrons. The van der Waals surface area contributed by atoms with E-state index in [1.165, 1.54) is 0 Å². The van der Waals surface area contributed by atoms with Gasteiger partial charge in [-0.2, -0.15) is 0 Å². The highest BCUT2D eigenvalue weighted by Crippen LogP contribution is 2.44. The first-order valence-corrected chi connectivity index (χ1v) is 11.6. The van der Waals surface area contributed by atoms with Crippen LogP contribution in [0, 0.1) is 5.92 Å². The average molecular weight is 451 g/mol. The molecule has 2 aromatic rings. The number of fused-ring (bicyclic) bond motifs is 3. The lowest BCUT2D eigenvalue weighted by Gasteiger charge is -2.21. The lowest BCUT2D eigenvalue weighted by molar-refractivity contribution is -0.142. The van der Waals surface area contributed by atoms with Gasteiger partial charge in [-0.25, -0.2) is 4.79 Å². The van der Waals surface area contributed by atoms with Crippen LogP contribution in [0.3, 0.4) is 0 Å². The molecular weight excluding hydrogens is 420 g/mol. The second-order valence-corrected chi connectivity index (χ2v) is 8.83. The monoisotopic (exact) mass is 450 g/mol. The molecular formula is C26H30N2O5. The van der Waals surface area contributed by atoms with Crippen LogP contribution in [0.15, 0.2) is 48.5 Å². The fraction of sp³-hybridized carbons (Fsp3) is 0.423. The molecule has 0 unspecified atom stereocenters. The van der Waals surface area contributed by atoms with Crippen LogP contribution in [-0.2, 0) is 14.3 Å². The minimum atomic E-state index is -0.874. The Kier molecular flexibility index (Phi) is 6.96. The number of carboxylic acids is 1. The molecule has 0 aromatic heterocycles. The Morgan fingerprint density at radius 3 is 2.27 bits per heavy atom. The molecule has 0 radical (unpaired) electrons. The van der Waals surface area contributed by atoms with Crippen molar-refractivity contribution in [1.29, 1.82) is 0 Å². The highest BCUT2D eigenvalue weighted by atomic mass is 16.5. The number of carbonyl (C=O) groups excluding carboxylic acids is 2. The van der Waals surface area contributed by atoms with Crippen LogP contribution in [0.4, 0.5) is 4.79 Å². The summed E-state index contributed by atoms with van der Waals surface area (Å²) in [5, 5.41) is 14.9. The Hall–Kier alpha value is -3.35. The van der Waals surface area contributed by atoms with Crippen molar-refractivity contribution in [2.24, 2.45) is 5.92 Å². The molecule has 1 fully saturated rings. The topological polar surface area (TPSA) is 105 Å². The van der Waals surface area contributed by atoms with Gasteiger partial charge in [0, 0.05) is 24.4 Å². The Morgan fingerprint density at radius 2 is 1.67 bits per heavy atom. The minimum absolute atomic E-state index is 0.0261. The van der Waals surface area contributed by atoms with Gasteiger partial charge in [0.25, 0.3) is 0 Å². The van der Waals surface area contributed by atoms with Crippen LogP contribution in [0.5, 0.6) is 0 Å². The van der Waals surface area contributed by atoms with Crippen LogP contribution in [0.1, 0.15) is 56.1 Å². The van der Waals surface area contributed by atoms with E-state index in [2.05, 4.69) is 34.9 Å². The smallest absolute Gasteiger partial charge is 0.407 e. The van der Waals surface area contributed by atoms with E-state index in [4.69, 9.17) is 4.74 Å². The van der Waals surface area contributed by atoms with Crippen molar-refractivity contribution >= 4 is 18.0 Å². The highest BCUT2D eigenvalue weighted by Gasteiger charge is 2.34. The first-order valence-electron chi connectivity index (χ1n) is 11.6. The molecule has 2 aliphatic carbocycles.